The Balaban J connectivity index is 2.21. The van der Waals surface area contributed by atoms with Crippen LogP contribution in [0, 0.1) is 13.8 Å². The summed E-state index contributed by atoms with van der Waals surface area (Å²) in [6.07, 6.45) is 0. The molecule has 0 spiro atoms. The molecule has 0 radical (unpaired) electrons. The Hall–Kier alpha value is -2.34. The summed E-state index contributed by atoms with van der Waals surface area (Å²) in [6.45, 7) is 7.36. The van der Waals surface area contributed by atoms with Gasteiger partial charge in [-0.15, -0.1) is 0 Å². The van der Waals surface area contributed by atoms with Crippen LogP contribution in [0.15, 0.2) is 47.4 Å². The Morgan fingerprint density at radius 1 is 1.00 bits per heavy atom. The maximum absolute atomic E-state index is 12.5. The number of carbonyl (C=O) groups is 1. The molecular weight excluding hydrogens is 324 g/mol. The van der Waals surface area contributed by atoms with Crippen LogP contribution >= 0.6 is 0 Å². The molecule has 0 saturated carbocycles. The fourth-order valence-corrected chi connectivity index (χ4v) is 3.63. The zero-order valence-corrected chi connectivity index (χ0v) is 15.1. The third-order valence-corrected chi connectivity index (χ3v) is 4.98. The first-order chi connectivity index (χ1) is 11.2. The van der Waals surface area contributed by atoms with Gasteiger partial charge in [-0.05, 0) is 69.2 Å². The molecule has 1 amide bonds. The van der Waals surface area contributed by atoms with E-state index in [4.69, 9.17) is 0 Å². The standard InChI is InChI=1S/C18H22N2O3S/c1-12(2)19-18(21)15-7-9-16(10-8-15)20-24(22,23)17-11-13(3)5-6-14(17)4/h5-12,20H,1-4H3,(H,19,21). The summed E-state index contributed by atoms with van der Waals surface area (Å²) in [5.74, 6) is -0.186. The molecule has 2 aromatic carbocycles. The predicted octanol–water partition coefficient (Wildman–Crippen LogP) is 3.24. The second kappa shape index (κ2) is 7.05. The highest BCUT2D eigenvalue weighted by molar-refractivity contribution is 7.92. The Bertz CT molecular complexity index is 841. The highest BCUT2D eigenvalue weighted by Crippen LogP contribution is 2.21. The molecule has 2 N–H and O–H groups in total. The zero-order valence-electron chi connectivity index (χ0n) is 14.3. The van der Waals surface area contributed by atoms with Crippen molar-refractivity contribution in [3.8, 4) is 0 Å². The molecule has 24 heavy (non-hydrogen) atoms. The third-order valence-electron chi connectivity index (χ3n) is 3.45. The van der Waals surface area contributed by atoms with Crippen molar-refractivity contribution in [2.75, 3.05) is 4.72 Å². The number of benzene rings is 2. The van der Waals surface area contributed by atoms with E-state index in [0.717, 1.165) is 5.56 Å². The van der Waals surface area contributed by atoms with Gasteiger partial charge in [0.05, 0.1) is 4.90 Å². The fraction of sp³-hybridized carbons (Fsp3) is 0.278. The topological polar surface area (TPSA) is 75.3 Å². The van der Waals surface area contributed by atoms with Crippen molar-refractivity contribution in [3.05, 3.63) is 59.2 Å². The second-order valence-electron chi connectivity index (χ2n) is 6.08. The van der Waals surface area contributed by atoms with Crippen molar-refractivity contribution in [3.63, 3.8) is 0 Å². The first-order valence-corrected chi connectivity index (χ1v) is 9.18. The lowest BCUT2D eigenvalue weighted by Crippen LogP contribution is -2.30. The van der Waals surface area contributed by atoms with Gasteiger partial charge in [-0.25, -0.2) is 8.42 Å². The summed E-state index contributed by atoms with van der Waals surface area (Å²) in [7, 11) is -3.67. The maximum atomic E-state index is 12.5. The normalized spacial score (nSPS) is 11.4. The molecular formula is C18H22N2O3S. The average Bonchev–Trinajstić information content (AvgIpc) is 2.49. The van der Waals surface area contributed by atoms with Crippen LogP contribution in [-0.4, -0.2) is 20.4 Å². The number of sulfonamides is 1. The monoisotopic (exact) mass is 346 g/mol. The van der Waals surface area contributed by atoms with Gasteiger partial charge < -0.3 is 5.32 Å². The van der Waals surface area contributed by atoms with Crippen molar-refractivity contribution < 1.29 is 13.2 Å². The van der Waals surface area contributed by atoms with E-state index in [9.17, 15) is 13.2 Å². The Morgan fingerprint density at radius 2 is 1.62 bits per heavy atom. The lowest BCUT2D eigenvalue weighted by atomic mass is 10.2. The molecule has 0 fully saturated rings. The van der Waals surface area contributed by atoms with Crippen LogP contribution in [0.5, 0.6) is 0 Å². The minimum Gasteiger partial charge on any atom is -0.350 e. The van der Waals surface area contributed by atoms with Gasteiger partial charge in [0, 0.05) is 17.3 Å². The molecule has 0 saturated heterocycles. The first kappa shape index (κ1) is 18.0. The van der Waals surface area contributed by atoms with E-state index in [2.05, 4.69) is 10.0 Å². The molecule has 0 aliphatic carbocycles. The van der Waals surface area contributed by atoms with Gasteiger partial charge in [0.25, 0.3) is 15.9 Å². The number of carbonyl (C=O) groups excluding carboxylic acids is 1. The second-order valence-corrected chi connectivity index (χ2v) is 7.73. The van der Waals surface area contributed by atoms with E-state index in [0.29, 0.717) is 16.8 Å². The molecule has 0 aromatic heterocycles. The van der Waals surface area contributed by atoms with Gasteiger partial charge >= 0.3 is 0 Å². The summed E-state index contributed by atoms with van der Waals surface area (Å²) in [6, 6.07) is 11.7. The summed E-state index contributed by atoms with van der Waals surface area (Å²) in [5.41, 5.74) is 2.46. The van der Waals surface area contributed by atoms with Crippen LogP contribution in [0.25, 0.3) is 0 Å². The number of rotatable bonds is 5. The predicted molar refractivity (Wildman–Crippen MR) is 95.8 cm³/mol. The number of amides is 1. The quantitative estimate of drug-likeness (QED) is 0.873. The number of nitrogens with one attached hydrogen (secondary N) is 2. The number of anilines is 1. The third kappa shape index (κ3) is 4.35. The van der Waals surface area contributed by atoms with E-state index >= 15 is 0 Å². The zero-order chi connectivity index (χ0) is 17.9. The van der Waals surface area contributed by atoms with Gasteiger partial charge in [0.15, 0.2) is 0 Å². The number of hydrogen-bond donors (Lipinski definition) is 2. The first-order valence-electron chi connectivity index (χ1n) is 7.70. The summed E-state index contributed by atoms with van der Waals surface area (Å²) < 4.78 is 27.6. The molecule has 6 heteroatoms. The SMILES string of the molecule is Cc1ccc(C)c(S(=O)(=O)Nc2ccc(C(=O)NC(C)C)cc2)c1. The van der Waals surface area contributed by atoms with E-state index in [1.54, 1.807) is 43.3 Å². The Kier molecular flexibility index (Phi) is 5.29. The van der Waals surface area contributed by atoms with Crippen LogP contribution in [0.2, 0.25) is 0 Å². The molecule has 0 bridgehead atoms. The van der Waals surface area contributed by atoms with E-state index in [1.165, 1.54) is 0 Å². The Labute approximate surface area is 143 Å². The molecule has 128 valence electrons. The van der Waals surface area contributed by atoms with Crippen molar-refractivity contribution >= 4 is 21.6 Å². The van der Waals surface area contributed by atoms with Crippen LogP contribution in [0.1, 0.15) is 35.3 Å². The lowest BCUT2D eigenvalue weighted by Gasteiger charge is -2.12. The minimum absolute atomic E-state index is 0.0416. The maximum Gasteiger partial charge on any atom is 0.262 e. The molecule has 0 aliphatic heterocycles. The van der Waals surface area contributed by atoms with Gasteiger partial charge in [-0.1, -0.05) is 12.1 Å². The number of aryl methyl sites for hydroxylation is 2. The molecule has 0 aliphatic rings. The molecule has 2 rings (SSSR count). The summed E-state index contributed by atoms with van der Waals surface area (Å²) in [5, 5.41) is 2.79. The summed E-state index contributed by atoms with van der Waals surface area (Å²) in [4.78, 5) is 12.2. The minimum atomic E-state index is -3.67. The fourth-order valence-electron chi connectivity index (χ4n) is 2.24. The smallest absolute Gasteiger partial charge is 0.262 e. The molecule has 0 heterocycles. The lowest BCUT2D eigenvalue weighted by molar-refractivity contribution is 0.0943. The van der Waals surface area contributed by atoms with Crippen LogP contribution in [0.3, 0.4) is 0 Å². The molecule has 0 atom stereocenters. The number of hydrogen-bond acceptors (Lipinski definition) is 3. The van der Waals surface area contributed by atoms with Gasteiger partial charge in [-0.3, -0.25) is 9.52 Å². The van der Waals surface area contributed by atoms with Crippen LogP contribution in [0.4, 0.5) is 5.69 Å². The van der Waals surface area contributed by atoms with Crippen LogP contribution < -0.4 is 10.0 Å². The van der Waals surface area contributed by atoms with Gasteiger partial charge in [-0.2, -0.15) is 0 Å². The largest absolute Gasteiger partial charge is 0.350 e. The Morgan fingerprint density at radius 3 is 2.21 bits per heavy atom. The van der Waals surface area contributed by atoms with Crippen LogP contribution in [-0.2, 0) is 10.0 Å². The highest BCUT2D eigenvalue weighted by atomic mass is 32.2. The average molecular weight is 346 g/mol. The highest BCUT2D eigenvalue weighted by Gasteiger charge is 2.17. The van der Waals surface area contributed by atoms with Gasteiger partial charge in [0.1, 0.15) is 0 Å². The van der Waals surface area contributed by atoms with E-state index < -0.39 is 10.0 Å². The van der Waals surface area contributed by atoms with Crippen molar-refractivity contribution in [1.29, 1.82) is 0 Å². The molecule has 2 aromatic rings. The molecule has 0 unspecified atom stereocenters. The van der Waals surface area contributed by atoms with Crippen molar-refractivity contribution in [2.24, 2.45) is 0 Å². The van der Waals surface area contributed by atoms with Crippen molar-refractivity contribution in [2.45, 2.75) is 38.6 Å². The van der Waals surface area contributed by atoms with E-state index in [-0.39, 0.29) is 16.8 Å². The van der Waals surface area contributed by atoms with E-state index in [1.807, 2.05) is 26.8 Å². The van der Waals surface area contributed by atoms with Gasteiger partial charge in [0.2, 0.25) is 0 Å². The molecule has 5 nitrogen and oxygen atoms in total. The van der Waals surface area contributed by atoms with Crippen molar-refractivity contribution in [1.82, 2.24) is 5.32 Å². The summed E-state index contributed by atoms with van der Waals surface area (Å²) >= 11 is 0.